The van der Waals surface area contributed by atoms with Gasteiger partial charge in [0.25, 0.3) is 0 Å². The zero-order valence-corrected chi connectivity index (χ0v) is 13.9. The Balaban J connectivity index is 1.94. The molecule has 2 heterocycles. The predicted molar refractivity (Wildman–Crippen MR) is 90.7 cm³/mol. The van der Waals surface area contributed by atoms with E-state index in [1.807, 2.05) is 0 Å². The van der Waals surface area contributed by atoms with Crippen LogP contribution in [0.3, 0.4) is 0 Å². The summed E-state index contributed by atoms with van der Waals surface area (Å²) in [4.78, 5) is 2.44. The van der Waals surface area contributed by atoms with Crippen molar-refractivity contribution >= 4 is 10.9 Å². The Morgan fingerprint density at radius 3 is 2.68 bits per heavy atom. The van der Waals surface area contributed by atoms with Gasteiger partial charge >= 0.3 is 0 Å². The normalized spacial score (nSPS) is 16.4. The highest BCUT2D eigenvalue weighted by atomic mass is 16.5. The standard InChI is InChI=1S/C18H27N3O/c1-4-5-17(19)16-12-20(2)18-9-14-11-21(6-7-22-3)10-13(14)8-15(16)18/h8-9,12,17H,4-7,10-11,19H2,1-3H3. The highest BCUT2D eigenvalue weighted by Gasteiger charge is 2.22. The summed E-state index contributed by atoms with van der Waals surface area (Å²) in [5, 5.41) is 1.33. The van der Waals surface area contributed by atoms with Crippen LogP contribution in [0.2, 0.25) is 0 Å². The molecule has 0 saturated heterocycles. The van der Waals surface area contributed by atoms with Crippen molar-refractivity contribution in [1.82, 2.24) is 9.47 Å². The molecule has 0 aliphatic carbocycles. The average Bonchev–Trinajstić information content (AvgIpc) is 3.04. The van der Waals surface area contributed by atoms with Crippen LogP contribution in [0.25, 0.3) is 10.9 Å². The van der Waals surface area contributed by atoms with Crippen molar-refractivity contribution in [2.75, 3.05) is 20.3 Å². The number of fused-ring (bicyclic) bond motifs is 2. The number of aryl methyl sites for hydroxylation is 1. The zero-order valence-electron chi connectivity index (χ0n) is 13.9. The highest BCUT2D eigenvalue weighted by molar-refractivity contribution is 5.86. The third-order valence-corrected chi connectivity index (χ3v) is 4.74. The topological polar surface area (TPSA) is 43.4 Å². The fourth-order valence-electron chi connectivity index (χ4n) is 3.52. The van der Waals surface area contributed by atoms with E-state index in [1.54, 1.807) is 7.11 Å². The van der Waals surface area contributed by atoms with Crippen molar-refractivity contribution in [2.24, 2.45) is 12.8 Å². The molecule has 0 saturated carbocycles. The number of hydrogen-bond acceptors (Lipinski definition) is 3. The van der Waals surface area contributed by atoms with Gasteiger partial charge in [0.05, 0.1) is 6.61 Å². The van der Waals surface area contributed by atoms with E-state index >= 15 is 0 Å². The van der Waals surface area contributed by atoms with Gasteiger partial charge in [-0.1, -0.05) is 13.3 Å². The lowest BCUT2D eigenvalue weighted by Gasteiger charge is -2.13. The monoisotopic (exact) mass is 301 g/mol. The van der Waals surface area contributed by atoms with Gasteiger partial charge in [-0.05, 0) is 35.2 Å². The molecule has 0 spiro atoms. The summed E-state index contributed by atoms with van der Waals surface area (Å²) in [6, 6.07) is 4.85. The molecular formula is C18H27N3O. The molecule has 1 unspecified atom stereocenters. The van der Waals surface area contributed by atoms with Crippen LogP contribution in [0.1, 0.15) is 42.5 Å². The third kappa shape index (κ3) is 2.78. The van der Waals surface area contributed by atoms with Crippen molar-refractivity contribution in [2.45, 2.75) is 38.9 Å². The first kappa shape index (κ1) is 15.5. The van der Waals surface area contributed by atoms with Crippen molar-refractivity contribution in [3.8, 4) is 0 Å². The lowest BCUT2D eigenvalue weighted by molar-refractivity contribution is 0.147. The Hall–Kier alpha value is -1.36. The maximum absolute atomic E-state index is 6.38. The largest absolute Gasteiger partial charge is 0.383 e. The quantitative estimate of drug-likeness (QED) is 0.892. The second-order valence-corrected chi connectivity index (χ2v) is 6.43. The van der Waals surface area contributed by atoms with Gasteiger partial charge in [-0.2, -0.15) is 0 Å². The molecule has 2 aromatic rings. The minimum absolute atomic E-state index is 0.137. The number of ether oxygens (including phenoxy) is 1. The van der Waals surface area contributed by atoms with E-state index in [1.165, 1.54) is 27.6 Å². The van der Waals surface area contributed by atoms with Crippen LogP contribution in [0, 0.1) is 0 Å². The van der Waals surface area contributed by atoms with Gasteiger partial charge in [-0.3, -0.25) is 4.90 Å². The van der Waals surface area contributed by atoms with E-state index < -0.39 is 0 Å². The van der Waals surface area contributed by atoms with Crippen LogP contribution in [-0.4, -0.2) is 29.7 Å². The number of nitrogens with zero attached hydrogens (tertiary/aromatic N) is 2. The molecule has 1 aliphatic rings. The lowest BCUT2D eigenvalue weighted by Crippen LogP contribution is -2.21. The maximum Gasteiger partial charge on any atom is 0.0589 e. The summed E-state index contributed by atoms with van der Waals surface area (Å²) in [5.74, 6) is 0. The fourth-order valence-corrected chi connectivity index (χ4v) is 3.52. The Kier molecular flexibility index (Phi) is 4.52. The molecule has 1 aromatic heterocycles. The van der Waals surface area contributed by atoms with Crippen molar-refractivity contribution < 1.29 is 4.74 Å². The Bertz CT molecular complexity index is 662. The van der Waals surface area contributed by atoms with Gasteiger partial charge in [0.2, 0.25) is 0 Å². The Morgan fingerprint density at radius 2 is 2.00 bits per heavy atom. The van der Waals surface area contributed by atoms with Crippen molar-refractivity contribution in [3.63, 3.8) is 0 Å². The number of hydrogen-bond donors (Lipinski definition) is 1. The second kappa shape index (κ2) is 6.41. The molecular weight excluding hydrogens is 274 g/mol. The molecule has 3 rings (SSSR count). The van der Waals surface area contributed by atoms with Crippen LogP contribution in [-0.2, 0) is 24.9 Å². The first-order valence-electron chi connectivity index (χ1n) is 8.21. The van der Waals surface area contributed by atoms with Crippen molar-refractivity contribution in [3.05, 3.63) is 35.0 Å². The number of nitrogens with two attached hydrogens (primary N) is 1. The van der Waals surface area contributed by atoms with Crippen LogP contribution in [0.15, 0.2) is 18.3 Å². The van der Waals surface area contributed by atoms with Gasteiger partial charge < -0.3 is 15.0 Å². The van der Waals surface area contributed by atoms with Gasteiger partial charge in [-0.15, -0.1) is 0 Å². The molecule has 0 amide bonds. The molecule has 1 aliphatic heterocycles. The van der Waals surface area contributed by atoms with E-state index in [-0.39, 0.29) is 6.04 Å². The van der Waals surface area contributed by atoms with E-state index in [2.05, 4.69) is 41.8 Å². The van der Waals surface area contributed by atoms with Crippen LogP contribution >= 0.6 is 0 Å². The summed E-state index contributed by atoms with van der Waals surface area (Å²) in [6.45, 7) is 6.02. The molecule has 0 bridgehead atoms. The molecule has 120 valence electrons. The number of benzene rings is 1. The number of aromatic nitrogens is 1. The van der Waals surface area contributed by atoms with Gasteiger partial charge in [-0.25, -0.2) is 0 Å². The fraction of sp³-hybridized carbons (Fsp3) is 0.556. The van der Waals surface area contributed by atoms with E-state index in [0.717, 1.165) is 39.1 Å². The zero-order chi connectivity index (χ0) is 15.7. The van der Waals surface area contributed by atoms with Crippen molar-refractivity contribution in [1.29, 1.82) is 0 Å². The van der Waals surface area contributed by atoms with Crippen LogP contribution < -0.4 is 5.73 Å². The summed E-state index contributed by atoms with van der Waals surface area (Å²) in [5.41, 5.74) is 11.9. The minimum Gasteiger partial charge on any atom is -0.383 e. The average molecular weight is 301 g/mol. The van der Waals surface area contributed by atoms with Gasteiger partial charge in [0.1, 0.15) is 0 Å². The summed E-state index contributed by atoms with van der Waals surface area (Å²) in [7, 11) is 3.88. The minimum atomic E-state index is 0.137. The number of methoxy groups -OCH3 is 1. The molecule has 4 nitrogen and oxygen atoms in total. The summed E-state index contributed by atoms with van der Waals surface area (Å²) in [6.07, 6.45) is 4.37. The molecule has 1 aromatic carbocycles. The number of rotatable bonds is 6. The Morgan fingerprint density at radius 1 is 1.27 bits per heavy atom. The summed E-state index contributed by atoms with van der Waals surface area (Å²) >= 11 is 0. The maximum atomic E-state index is 6.38. The van der Waals surface area contributed by atoms with Crippen LogP contribution in [0.4, 0.5) is 0 Å². The SMILES string of the molecule is CCCC(N)c1cn(C)c2cc3c(cc12)CN(CCOC)C3. The molecule has 1 atom stereocenters. The van der Waals surface area contributed by atoms with Crippen LogP contribution in [0.5, 0.6) is 0 Å². The first-order valence-corrected chi connectivity index (χ1v) is 8.21. The third-order valence-electron chi connectivity index (χ3n) is 4.74. The van der Waals surface area contributed by atoms with Gasteiger partial charge in [0.15, 0.2) is 0 Å². The molecule has 0 radical (unpaired) electrons. The smallest absolute Gasteiger partial charge is 0.0589 e. The highest BCUT2D eigenvalue weighted by Crippen LogP contribution is 2.33. The lowest BCUT2D eigenvalue weighted by atomic mass is 10.00. The predicted octanol–water partition coefficient (Wildman–Crippen LogP) is 2.94. The van der Waals surface area contributed by atoms with E-state index in [0.29, 0.717) is 0 Å². The molecule has 2 N–H and O–H groups in total. The molecule has 22 heavy (non-hydrogen) atoms. The summed E-state index contributed by atoms with van der Waals surface area (Å²) < 4.78 is 7.42. The van der Waals surface area contributed by atoms with Gasteiger partial charge in [0, 0.05) is 56.9 Å². The van der Waals surface area contributed by atoms with E-state index in [4.69, 9.17) is 10.5 Å². The molecule has 4 heteroatoms. The first-order chi connectivity index (χ1) is 10.6. The Labute approximate surface area is 132 Å². The molecule has 0 fully saturated rings. The van der Waals surface area contributed by atoms with E-state index in [9.17, 15) is 0 Å². The second-order valence-electron chi connectivity index (χ2n) is 6.43.